The standard InChI is InChI=1S/C22H22F2N6O3/c1-12(2)17-11-32-22(31)30(17)19-6-7-25-21(29-19)28-13(3)20-26-9-15(10-27-20)33-18-5-4-14(23)8-16(18)24/h4-10,12-13,17H,11H2,1-3H3,(H,25,28,29)/t13?,17-/m1/s1. The molecule has 2 aromatic heterocycles. The molecule has 11 heteroatoms. The summed E-state index contributed by atoms with van der Waals surface area (Å²) in [5.74, 6) is -0.125. The van der Waals surface area contributed by atoms with E-state index < -0.39 is 17.7 Å². The van der Waals surface area contributed by atoms with Gasteiger partial charge < -0.3 is 14.8 Å². The number of halogens is 2. The number of benzene rings is 1. The molecule has 0 spiro atoms. The van der Waals surface area contributed by atoms with Gasteiger partial charge in [0.05, 0.1) is 24.5 Å². The smallest absolute Gasteiger partial charge is 0.415 e. The van der Waals surface area contributed by atoms with E-state index >= 15 is 0 Å². The van der Waals surface area contributed by atoms with Gasteiger partial charge in [0, 0.05) is 12.3 Å². The van der Waals surface area contributed by atoms with Crippen molar-refractivity contribution in [3.05, 3.63) is 60.3 Å². The first-order valence-corrected chi connectivity index (χ1v) is 10.3. The van der Waals surface area contributed by atoms with E-state index in [2.05, 4.69) is 25.3 Å². The lowest BCUT2D eigenvalue weighted by Gasteiger charge is -2.23. The Morgan fingerprint density at radius 2 is 1.91 bits per heavy atom. The summed E-state index contributed by atoms with van der Waals surface area (Å²) in [5, 5.41) is 3.10. The minimum absolute atomic E-state index is 0.112. The van der Waals surface area contributed by atoms with Crippen molar-refractivity contribution >= 4 is 17.9 Å². The number of nitrogens with zero attached hydrogens (tertiary/aromatic N) is 5. The molecule has 9 nitrogen and oxygen atoms in total. The van der Waals surface area contributed by atoms with Crippen molar-refractivity contribution in [1.82, 2.24) is 19.9 Å². The van der Waals surface area contributed by atoms with Gasteiger partial charge >= 0.3 is 6.09 Å². The molecule has 0 aliphatic carbocycles. The Hall–Kier alpha value is -3.89. The van der Waals surface area contributed by atoms with Crippen LogP contribution in [-0.4, -0.2) is 38.7 Å². The fourth-order valence-electron chi connectivity index (χ4n) is 3.29. The number of anilines is 2. The summed E-state index contributed by atoms with van der Waals surface area (Å²) < 4.78 is 37.3. The van der Waals surface area contributed by atoms with Gasteiger partial charge in [-0.25, -0.2) is 28.5 Å². The molecule has 2 atom stereocenters. The third kappa shape index (κ3) is 4.97. The summed E-state index contributed by atoms with van der Waals surface area (Å²) in [7, 11) is 0. The van der Waals surface area contributed by atoms with E-state index in [0.29, 0.717) is 24.2 Å². The minimum atomic E-state index is -0.826. The van der Waals surface area contributed by atoms with Crippen molar-refractivity contribution in [3.63, 3.8) is 0 Å². The largest absolute Gasteiger partial charge is 0.451 e. The summed E-state index contributed by atoms with van der Waals surface area (Å²) in [6.45, 7) is 6.14. The van der Waals surface area contributed by atoms with E-state index in [1.165, 1.54) is 23.4 Å². The van der Waals surface area contributed by atoms with Crippen LogP contribution in [0.3, 0.4) is 0 Å². The molecule has 0 radical (unpaired) electrons. The highest BCUT2D eigenvalue weighted by molar-refractivity contribution is 5.89. The number of hydrogen-bond donors (Lipinski definition) is 1. The SMILES string of the molecule is CC(Nc1nccc(N2C(=O)OC[C@@H]2C(C)C)n1)c1ncc(Oc2ccc(F)cc2F)cn1. The molecule has 1 N–H and O–H groups in total. The molecule has 3 aromatic rings. The number of carbonyl (C=O) groups is 1. The Kier molecular flexibility index (Phi) is 6.29. The summed E-state index contributed by atoms with van der Waals surface area (Å²) >= 11 is 0. The van der Waals surface area contributed by atoms with E-state index in [1.807, 2.05) is 20.8 Å². The van der Waals surface area contributed by atoms with Crippen molar-refractivity contribution in [2.24, 2.45) is 5.92 Å². The maximum absolute atomic E-state index is 13.8. The van der Waals surface area contributed by atoms with Gasteiger partial charge in [0.15, 0.2) is 23.1 Å². The number of carbonyl (C=O) groups excluding carboxylic acids is 1. The third-order valence-corrected chi connectivity index (χ3v) is 5.07. The van der Waals surface area contributed by atoms with Crippen molar-refractivity contribution in [1.29, 1.82) is 0 Å². The third-order valence-electron chi connectivity index (χ3n) is 5.07. The van der Waals surface area contributed by atoms with Gasteiger partial charge in [-0.05, 0) is 31.0 Å². The fourth-order valence-corrected chi connectivity index (χ4v) is 3.29. The number of cyclic esters (lactones) is 1. The molecule has 1 fully saturated rings. The van der Waals surface area contributed by atoms with Gasteiger partial charge in [-0.15, -0.1) is 0 Å². The molecule has 4 rings (SSSR count). The van der Waals surface area contributed by atoms with E-state index in [9.17, 15) is 13.6 Å². The number of nitrogens with one attached hydrogen (secondary N) is 1. The molecule has 0 bridgehead atoms. The number of amides is 1. The van der Waals surface area contributed by atoms with E-state index in [1.54, 1.807) is 12.3 Å². The molecule has 1 aromatic carbocycles. The van der Waals surface area contributed by atoms with Crippen LogP contribution in [0.15, 0.2) is 42.9 Å². The number of ether oxygens (including phenoxy) is 2. The maximum Gasteiger partial charge on any atom is 0.415 e. The molecule has 33 heavy (non-hydrogen) atoms. The summed E-state index contributed by atoms with van der Waals surface area (Å²) in [5.41, 5.74) is 0. The maximum atomic E-state index is 13.8. The molecule has 1 aliphatic rings. The highest BCUT2D eigenvalue weighted by Gasteiger charge is 2.37. The lowest BCUT2D eigenvalue weighted by molar-refractivity contribution is 0.177. The lowest BCUT2D eigenvalue weighted by Crippen LogP contribution is -2.37. The molecule has 1 saturated heterocycles. The molecule has 172 valence electrons. The molecular weight excluding hydrogens is 434 g/mol. The van der Waals surface area contributed by atoms with Crippen LogP contribution in [0.4, 0.5) is 25.3 Å². The molecular formula is C22H22F2N6O3. The van der Waals surface area contributed by atoms with Gasteiger partial charge in [-0.2, -0.15) is 4.98 Å². The first kappa shape index (κ1) is 22.3. The Bertz CT molecular complexity index is 1150. The van der Waals surface area contributed by atoms with Crippen molar-refractivity contribution in [2.75, 3.05) is 16.8 Å². The van der Waals surface area contributed by atoms with Gasteiger partial charge in [0.1, 0.15) is 18.2 Å². The zero-order chi connectivity index (χ0) is 23.5. The highest BCUT2D eigenvalue weighted by atomic mass is 19.1. The quantitative estimate of drug-likeness (QED) is 0.555. The van der Waals surface area contributed by atoms with Gasteiger partial charge in [-0.3, -0.25) is 4.90 Å². The first-order chi connectivity index (χ1) is 15.8. The second-order valence-electron chi connectivity index (χ2n) is 7.82. The van der Waals surface area contributed by atoms with Crippen LogP contribution in [0.2, 0.25) is 0 Å². The van der Waals surface area contributed by atoms with Crippen LogP contribution in [0.25, 0.3) is 0 Å². The van der Waals surface area contributed by atoms with Crippen molar-refractivity contribution < 1.29 is 23.0 Å². The summed E-state index contributed by atoms with van der Waals surface area (Å²) in [4.78, 5) is 30.8. The molecule has 3 heterocycles. The lowest BCUT2D eigenvalue weighted by atomic mass is 10.0. The average Bonchev–Trinajstić information content (AvgIpc) is 3.18. The molecule has 1 unspecified atom stereocenters. The van der Waals surface area contributed by atoms with Gasteiger partial charge in [-0.1, -0.05) is 13.8 Å². The average molecular weight is 456 g/mol. The topological polar surface area (TPSA) is 102 Å². The first-order valence-electron chi connectivity index (χ1n) is 10.3. The van der Waals surface area contributed by atoms with Crippen molar-refractivity contribution in [3.8, 4) is 11.5 Å². The Balaban J connectivity index is 1.44. The Morgan fingerprint density at radius 1 is 1.15 bits per heavy atom. The molecule has 1 amide bonds. The molecule has 1 aliphatic heterocycles. The predicted octanol–water partition coefficient (Wildman–Crippen LogP) is 4.49. The predicted molar refractivity (Wildman–Crippen MR) is 115 cm³/mol. The van der Waals surface area contributed by atoms with E-state index in [4.69, 9.17) is 9.47 Å². The zero-order valence-corrected chi connectivity index (χ0v) is 18.2. The minimum Gasteiger partial charge on any atom is -0.451 e. The van der Waals surface area contributed by atoms with Gasteiger partial charge in [0.25, 0.3) is 0 Å². The van der Waals surface area contributed by atoms with Crippen LogP contribution in [0, 0.1) is 17.6 Å². The van der Waals surface area contributed by atoms with E-state index in [0.717, 1.165) is 12.1 Å². The van der Waals surface area contributed by atoms with Crippen LogP contribution in [0.1, 0.15) is 32.6 Å². The Labute approximate surface area is 188 Å². The Morgan fingerprint density at radius 3 is 2.61 bits per heavy atom. The van der Waals surface area contributed by atoms with Crippen LogP contribution in [0.5, 0.6) is 11.5 Å². The summed E-state index contributed by atoms with van der Waals surface area (Å²) in [6.07, 6.45) is 3.88. The van der Waals surface area contributed by atoms with E-state index in [-0.39, 0.29) is 29.5 Å². The highest BCUT2D eigenvalue weighted by Crippen LogP contribution is 2.27. The van der Waals surface area contributed by atoms with Crippen LogP contribution in [-0.2, 0) is 4.74 Å². The second-order valence-corrected chi connectivity index (χ2v) is 7.82. The van der Waals surface area contributed by atoms with Crippen molar-refractivity contribution in [2.45, 2.75) is 32.9 Å². The molecule has 0 saturated carbocycles. The second kappa shape index (κ2) is 9.31. The van der Waals surface area contributed by atoms with Gasteiger partial charge in [0.2, 0.25) is 5.95 Å². The normalized spacial score (nSPS) is 16.6. The van der Waals surface area contributed by atoms with Crippen LogP contribution < -0.4 is 15.0 Å². The number of hydrogen-bond acceptors (Lipinski definition) is 8. The number of aromatic nitrogens is 4. The fraction of sp³-hybridized carbons (Fsp3) is 0.318. The summed E-state index contributed by atoms with van der Waals surface area (Å²) in [6, 6.07) is 4.17. The number of rotatable bonds is 7. The van der Waals surface area contributed by atoms with Crippen LogP contribution >= 0.6 is 0 Å². The zero-order valence-electron chi connectivity index (χ0n) is 18.2. The monoisotopic (exact) mass is 456 g/mol.